The van der Waals surface area contributed by atoms with E-state index in [1.807, 2.05) is 12.1 Å². The highest BCUT2D eigenvalue weighted by Crippen LogP contribution is 2.19. The van der Waals surface area contributed by atoms with Crippen molar-refractivity contribution in [1.82, 2.24) is 10.3 Å². The van der Waals surface area contributed by atoms with Crippen molar-refractivity contribution in [1.29, 1.82) is 0 Å². The lowest BCUT2D eigenvalue weighted by atomic mass is 10.2. The number of rotatable bonds is 6. The van der Waals surface area contributed by atoms with Crippen LogP contribution in [0.4, 0.5) is 10.1 Å². The molecular weight excluding hydrogens is 293 g/mol. The summed E-state index contributed by atoms with van der Waals surface area (Å²) in [6.45, 7) is 0.924. The molecule has 0 unspecified atom stereocenters. The smallest absolute Gasteiger partial charge is 0.222 e. The van der Waals surface area contributed by atoms with Gasteiger partial charge in [-0.05, 0) is 35.9 Å². The molecule has 0 atom stereocenters. The molecule has 0 aliphatic carbocycles. The molecule has 1 amide bonds. The van der Waals surface area contributed by atoms with Crippen LogP contribution in [0, 0.1) is 5.82 Å². The van der Waals surface area contributed by atoms with E-state index < -0.39 is 5.82 Å². The molecule has 0 radical (unpaired) electrons. The lowest BCUT2D eigenvalue weighted by Gasteiger charge is -2.08. The van der Waals surface area contributed by atoms with E-state index >= 15 is 0 Å². The van der Waals surface area contributed by atoms with Crippen LogP contribution in [-0.2, 0) is 11.3 Å². The summed E-state index contributed by atoms with van der Waals surface area (Å²) in [6, 6.07) is 8.05. The Morgan fingerprint density at radius 2 is 2.00 bits per heavy atom. The number of hydrogen-bond acceptors (Lipinski definition) is 3. The molecule has 6 heteroatoms. The number of carbonyl (C=O) groups is 1. The highest BCUT2D eigenvalue weighted by atomic mass is 35.5. The average Bonchev–Trinajstić information content (AvgIpc) is 2.50. The Bertz CT molecular complexity index is 607. The van der Waals surface area contributed by atoms with E-state index in [1.54, 1.807) is 18.5 Å². The zero-order valence-corrected chi connectivity index (χ0v) is 12.0. The maximum atomic E-state index is 13.0. The van der Waals surface area contributed by atoms with E-state index in [2.05, 4.69) is 15.6 Å². The zero-order valence-electron chi connectivity index (χ0n) is 11.3. The summed E-state index contributed by atoms with van der Waals surface area (Å²) in [7, 11) is 0. The normalized spacial score (nSPS) is 10.2. The van der Waals surface area contributed by atoms with Gasteiger partial charge in [0.25, 0.3) is 0 Å². The van der Waals surface area contributed by atoms with E-state index in [9.17, 15) is 9.18 Å². The van der Waals surface area contributed by atoms with Crippen molar-refractivity contribution in [3.8, 4) is 0 Å². The van der Waals surface area contributed by atoms with Crippen LogP contribution in [0.2, 0.25) is 5.02 Å². The van der Waals surface area contributed by atoms with Gasteiger partial charge in [0, 0.05) is 37.6 Å². The molecule has 4 nitrogen and oxygen atoms in total. The summed E-state index contributed by atoms with van der Waals surface area (Å²) < 4.78 is 13.0. The van der Waals surface area contributed by atoms with Crippen LogP contribution in [0.25, 0.3) is 0 Å². The van der Waals surface area contributed by atoms with Gasteiger partial charge in [0.05, 0.1) is 5.02 Å². The number of aromatic nitrogens is 1. The van der Waals surface area contributed by atoms with Gasteiger partial charge in [-0.15, -0.1) is 0 Å². The van der Waals surface area contributed by atoms with Gasteiger partial charge in [-0.2, -0.15) is 0 Å². The molecule has 1 aromatic heterocycles. The van der Waals surface area contributed by atoms with E-state index in [4.69, 9.17) is 11.6 Å². The third kappa shape index (κ3) is 5.04. The molecule has 2 aromatic rings. The van der Waals surface area contributed by atoms with Crippen molar-refractivity contribution in [3.05, 3.63) is 59.1 Å². The molecule has 0 aliphatic heterocycles. The average molecular weight is 308 g/mol. The van der Waals surface area contributed by atoms with Gasteiger partial charge in [-0.25, -0.2) is 4.39 Å². The van der Waals surface area contributed by atoms with Crippen LogP contribution in [-0.4, -0.2) is 17.4 Å². The summed E-state index contributed by atoms with van der Waals surface area (Å²) >= 11 is 5.67. The SMILES string of the molecule is O=C(CCNc1ccc(F)c(Cl)c1)NCc1ccncc1. The molecule has 2 rings (SSSR count). The number of nitrogens with one attached hydrogen (secondary N) is 2. The third-order valence-electron chi connectivity index (χ3n) is 2.84. The first-order valence-corrected chi connectivity index (χ1v) is 6.87. The van der Waals surface area contributed by atoms with Gasteiger partial charge in [0.1, 0.15) is 5.82 Å². The van der Waals surface area contributed by atoms with Crippen LogP contribution in [0.5, 0.6) is 0 Å². The predicted molar refractivity (Wildman–Crippen MR) is 80.6 cm³/mol. The van der Waals surface area contributed by atoms with E-state index in [0.717, 1.165) is 5.56 Å². The number of anilines is 1. The fourth-order valence-corrected chi connectivity index (χ4v) is 1.90. The standard InChI is InChI=1S/C15H15ClFN3O/c16-13-9-12(1-2-14(13)17)19-8-5-15(21)20-10-11-3-6-18-7-4-11/h1-4,6-7,9,19H,5,8,10H2,(H,20,21). The van der Waals surface area contributed by atoms with Crippen LogP contribution in [0.1, 0.15) is 12.0 Å². The molecule has 0 saturated carbocycles. The van der Waals surface area contributed by atoms with Gasteiger partial charge >= 0.3 is 0 Å². The molecule has 2 N–H and O–H groups in total. The number of benzene rings is 1. The van der Waals surface area contributed by atoms with Crippen LogP contribution >= 0.6 is 11.6 Å². The molecule has 0 aliphatic rings. The van der Waals surface area contributed by atoms with E-state index in [-0.39, 0.29) is 10.9 Å². The number of hydrogen-bond donors (Lipinski definition) is 2. The Labute approximate surface area is 127 Å². The minimum Gasteiger partial charge on any atom is -0.384 e. The van der Waals surface area contributed by atoms with Gasteiger partial charge in [0.15, 0.2) is 0 Å². The monoisotopic (exact) mass is 307 g/mol. The minimum atomic E-state index is -0.461. The Morgan fingerprint density at radius 3 is 2.71 bits per heavy atom. The van der Waals surface area contributed by atoms with Gasteiger partial charge in [0.2, 0.25) is 5.91 Å². The van der Waals surface area contributed by atoms with Crippen molar-refractivity contribution in [2.75, 3.05) is 11.9 Å². The number of amides is 1. The van der Waals surface area contributed by atoms with Crippen molar-refractivity contribution >= 4 is 23.2 Å². The minimum absolute atomic E-state index is 0.0575. The molecule has 110 valence electrons. The van der Waals surface area contributed by atoms with Crippen LogP contribution in [0.15, 0.2) is 42.7 Å². The molecular formula is C15H15ClFN3O. The maximum Gasteiger partial charge on any atom is 0.222 e. The molecule has 0 bridgehead atoms. The predicted octanol–water partition coefficient (Wildman–Crippen LogP) is 2.99. The molecule has 0 spiro atoms. The van der Waals surface area contributed by atoms with Crippen LogP contribution < -0.4 is 10.6 Å². The summed E-state index contributed by atoms with van der Waals surface area (Å²) in [5, 5.41) is 5.89. The Morgan fingerprint density at radius 1 is 1.24 bits per heavy atom. The highest BCUT2D eigenvalue weighted by molar-refractivity contribution is 6.31. The number of pyridine rings is 1. The fraction of sp³-hybridized carbons (Fsp3) is 0.200. The van der Waals surface area contributed by atoms with Crippen molar-refractivity contribution in [2.24, 2.45) is 0 Å². The second-order valence-corrected chi connectivity index (χ2v) is 4.85. The first kappa shape index (κ1) is 15.3. The molecule has 0 fully saturated rings. The lowest BCUT2D eigenvalue weighted by Crippen LogP contribution is -2.24. The van der Waals surface area contributed by atoms with Gasteiger partial charge in [-0.1, -0.05) is 11.6 Å². The molecule has 21 heavy (non-hydrogen) atoms. The number of halogens is 2. The number of nitrogens with zero attached hydrogens (tertiary/aromatic N) is 1. The topological polar surface area (TPSA) is 54.0 Å². The van der Waals surface area contributed by atoms with E-state index in [0.29, 0.717) is 25.2 Å². The summed E-state index contributed by atoms with van der Waals surface area (Å²) in [6.07, 6.45) is 3.68. The largest absolute Gasteiger partial charge is 0.384 e. The third-order valence-corrected chi connectivity index (χ3v) is 3.13. The fourth-order valence-electron chi connectivity index (χ4n) is 1.72. The van der Waals surface area contributed by atoms with Crippen LogP contribution in [0.3, 0.4) is 0 Å². The second kappa shape index (κ2) is 7.59. The van der Waals surface area contributed by atoms with E-state index in [1.165, 1.54) is 12.1 Å². The summed E-state index contributed by atoms with van der Waals surface area (Å²) in [5.74, 6) is -0.523. The summed E-state index contributed by atoms with van der Waals surface area (Å²) in [5.41, 5.74) is 1.68. The molecule has 1 aromatic carbocycles. The maximum absolute atomic E-state index is 13.0. The number of carbonyl (C=O) groups excluding carboxylic acids is 1. The van der Waals surface area contributed by atoms with Crippen molar-refractivity contribution in [3.63, 3.8) is 0 Å². The molecule has 1 heterocycles. The van der Waals surface area contributed by atoms with Gasteiger partial charge < -0.3 is 10.6 Å². The summed E-state index contributed by atoms with van der Waals surface area (Å²) in [4.78, 5) is 15.6. The quantitative estimate of drug-likeness (QED) is 0.862. The van der Waals surface area contributed by atoms with Crippen molar-refractivity contribution < 1.29 is 9.18 Å². The lowest BCUT2D eigenvalue weighted by molar-refractivity contribution is -0.121. The van der Waals surface area contributed by atoms with Crippen molar-refractivity contribution in [2.45, 2.75) is 13.0 Å². The molecule has 0 saturated heterocycles. The highest BCUT2D eigenvalue weighted by Gasteiger charge is 2.03. The Hall–Kier alpha value is -2.14. The zero-order chi connectivity index (χ0) is 15.1. The first-order chi connectivity index (χ1) is 10.1. The Balaban J connectivity index is 1.70. The first-order valence-electron chi connectivity index (χ1n) is 6.49. The van der Waals surface area contributed by atoms with Gasteiger partial charge in [-0.3, -0.25) is 9.78 Å². The second-order valence-electron chi connectivity index (χ2n) is 4.44. The Kier molecular flexibility index (Phi) is 5.51.